The Morgan fingerprint density at radius 3 is 2.55 bits per heavy atom. The van der Waals surface area contributed by atoms with Gasteiger partial charge in [-0.3, -0.25) is 0 Å². The van der Waals surface area contributed by atoms with Crippen LogP contribution in [0.2, 0.25) is 0 Å². The van der Waals surface area contributed by atoms with Crippen molar-refractivity contribution >= 4 is 12.0 Å². The predicted molar refractivity (Wildman–Crippen MR) is 116 cm³/mol. The molecule has 4 nitrogen and oxygen atoms in total. The van der Waals surface area contributed by atoms with Crippen molar-refractivity contribution in [2.75, 3.05) is 7.11 Å². The van der Waals surface area contributed by atoms with E-state index in [1.807, 2.05) is 24.3 Å². The number of esters is 1. The number of rotatable bonds is 5. The van der Waals surface area contributed by atoms with Crippen LogP contribution in [0.5, 0.6) is 5.75 Å². The number of hydrogen-bond donors (Lipinski definition) is 1. The molecule has 0 heterocycles. The second kappa shape index (κ2) is 8.35. The van der Waals surface area contributed by atoms with Gasteiger partial charge in [0.05, 0.1) is 12.7 Å². The molecule has 0 saturated heterocycles. The minimum Gasteiger partial charge on any atom is -0.497 e. The van der Waals surface area contributed by atoms with E-state index in [0.717, 1.165) is 37.0 Å². The Kier molecular flexibility index (Phi) is 6.23. The van der Waals surface area contributed by atoms with E-state index in [1.165, 1.54) is 11.6 Å². The van der Waals surface area contributed by atoms with Crippen LogP contribution in [0.15, 0.2) is 42.0 Å². The van der Waals surface area contributed by atoms with Crippen LogP contribution in [0, 0.1) is 17.3 Å². The van der Waals surface area contributed by atoms with E-state index in [9.17, 15) is 9.90 Å². The van der Waals surface area contributed by atoms with Crippen LogP contribution in [0.1, 0.15) is 58.9 Å². The summed E-state index contributed by atoms with van der Waals surface area (Å²) in [4.78, 5) is 12.6. The van der Waals surface area contributed by atoms with Gasteiger partial charge in [0.15, 0.2) is 0 Å². The molecule has 1 fully saturated rings. The zero-order valence-electron chi connectivity index (χ0n) is 18.3. The molecule has 1 aromatic rings. The molecule has 4 unspecified atom stereocenters. The minimum atomic E-state index is -0.819. The Hall–Kier alpha value is -2.07. The molecule has 1 aromatic carbocycles. The number of methoxy groups -OCH3 is 1. The van der Waals surface area contributed by atoms with Crippen molar-refractivity contribution in [3.8, 4) is 5.75 Å². The van der Waals surface area contributed by atoms with Crippen molar-refractivity contribution < 1.29 is 19.4 Å². The van der Waals surface area contributed by atoms with E-state index in [1.54, 1.807) is 13.2 Å². The van der Waals surface area contributed by atoms with Gasteiger partial charge in [0.25, 0.3) is 0 Å². The highest BCUT2D eigenvalue weighted by Crippen LogP contribution is 2.58. The summed E-state index contributed by atoms with van der Waals surface area (Å²) in [6.07, 6.45) is 8.23. The summed E-state index contributed by atoms with van der Waals surface area (Å²) in [5.41, 5.74) is 0.788. The van der Waals surface area contributed by atoms with E-state index < -0.39 is 17.1 Å². The van der Waals surface area contributed by atoms with Crippen LogP contribution in [0.25, 0.3) is 6.08 Å². The molecule has 0 radical (unpaired) electrons. The van der Waals surface area contributed by atoms with E-state index in [-0.39, 0.29) is 11.9 Å². The molecular weight excluding hydrogens is 364 g/mol. The van der Waals surface area contributed by atoms with Crippen LogP contribution in [-0.2, 0) is 9.53 Å². The van der Waals surface area contributed by atoms with Gasteiger partial charge in [-0.2, -0.15) is 0 Å². The summed E-state index contributed by atoms with van der Waals surface area (Å²) in [5.74, 6) is 1.01. The highest BCUT2D eigenvalue weighted by Gasteiger charge is 2.61. The summed E-state index contributed by atoms with van der Waals surface area (Å²) in [7, 11) is 1.62. The number of aliphatic hydroxyl groups is 1. The van der Waals surface area contributed by atoms with Crippen molar-refractivity contribution in [3.05, 3.63) is 47.6 Å². The van der Waals surface area contributed by atoms with Gasteiger partial charge in [0, 0.05) is 11.5 Å². The molecule has 2 aliphatic carbocycles. The topological polar surface area (TPSA) is 55.8 Å². The lowest BCUT2D eigenvalue weighted by molar-refractivity contribution is -0.165. The van der Waals surface area contributed by atoms with Gasteiger partial charge in [0.2, 0.25) is 0 Å². The molecule has 29 heavy (non-hydrogen) atoms. The Morgan fingerprint density at radius 1 is 1.24 bits per heavy atom. The number of carbonyl (C=O) groups is 1. The van der Waals surface area contributed by atoms with Gasteiger partial charge in [-0.05, 0) is 74.3 Å². The van der Waals surface area contributed by atoms with E-state index in [2.05, 4.69) is 33.8 Å². The molecule has 0 amide bonds. The molecule has 1 saturated carbocycles. The van der Waals surface area contributed by atoms with Crippen molar-refractivity contribution in [2.45, 2.75) is 65.1 Å². The number of allylic oxidation sites excluding steroid dienone is 1. The van der Waals surface area contributed by atoms with Crippen LogP contribution in [-0.4, -0.2) is 29.9 Å². The van der Waals surface area contributed by atoms with Crippen molar-refractivity contribution in [3.63, 3.8) is 0 Å². The average Bonchev–Trinajstić information content (AvgIpc) is 2.92. The maximum absolute atomic E-state index is 12.6. The standard InChI is InChI=1S/C25H34O4/c1-17(2)21-13-14-24(4)22(16-18(3)12-15-25(21,24)27)29-23(26)11-8-19-6-9-20(28-5)10-7-19/h6-11,16-17,21-22,27H,12-15H2,1-5H3. The Bertz CT molecular complexity index is 792. The fraction of sp³-hybridized carbons (Fsp3) is 0.560. The van der Waals surface area contributed by atoms with Gasteiger partial charge >= 0.3 is 5.97 Å². The first-order chi connectivity index (χ1) is 13.7. The quantitative estimate of drug-likeness (QED) is 0.423. The van der Waals surface area contributed by atoms with Gasteiger partial charge < -0.3 is 14.6 Å². The van der Waals surface area contributed by atoms with E-state index >= 15 is 0 Å². The van der Waals surface area contributed by atoms with Crippen LogP contribution in [0.4, 0.5) is 0 Å². The third kappa shape index (κ3) is 4.13. The van der Waals surface area contributed by atoms with Crippen molar-refractivity contribution in [2.24, 2.45) is 17.3 Å². The molecule has 4 atom stereocenters. The smallest absolute Gasteiger partial charge is 0.331 e. The van der Waals surface area contributed by atoms with Gasteiger partial charge in [-0.15, -0.1) is 0 Å². The maximum atomic E-state index is 12.6. The largest absolute Gasteiger partial charge is 0.497 e. The molecule has 0 bridgehead atoms. The van der Waals surface area contributed by atoms with Crippen LogP contribution < -0.4 is 4.74 Å². The van der Waals surface area contributed by atoms with E-state index in [4.69, 9.17) is 9.47 Å². The molecule has 4 heteroatoms. The molecule has 0 aromatic heterocycles. The summed E-state index contributed by atoms with van der Waals surface area (Å²) in [6.45, 7) is 8.51. The average molecular weight is 399 g/mol. The normalized spacial score (nSPS) is 32.0. The van der Waals surface area contributed by atoms with Crippen molar-refractivity contribution in [1.29, 1.82) is 0 Å². The first-order valence-electron chi connectivity index (χ1n) is 10.6. The third-order valence-corrected chi connectivity index (χ3v) is 7.12. The monoisotopic (exact) mass is 398 g/mol. The number of carbonyl (C=O) groups excluding carboxylic acids is 1. The molecular formula is C25H34O4. The SMILES string of the molecule is COc1ccc(C=CC(=O)OC2C=C(C)CCC3(O)C(C(C)C)CCC23C)cc1. The summed E-state index contributed by atoms with van der Waals surface area (Å²) < 4.78 is 11.1. The van der Waals surface area contributed by atoms with E-state index in [0.29, 0.717) is 5.92 Å². The molecule has 1 N–H and O–H groups in total. The van der Waals surface area contributed by atoms with Crippen molar-refractivity contribution in [1.82, 2.24) is 0 Å². The molecule has 158 valence electrons. The Morgan fingerprint density at radius 2 is 1.93 bits per heavy atom. The lowest BCUT2D eigenvalue weighted by atomic mass is 9.66. The zero-order valence-corrected chi connectivity index (χ0v) is 18.3. The van der Waals surface area contributed by atoms with Crippen LogP contribution in [0.3, 0.4) is 0 Å². The second-order valence-electron chi connectivity index (χ2n) is 9.21. The minimum absolute atomic E-state index is 0.225. The third-order valence-electron chi connectivity index (χ3n) is 7.12. The second-order valence-corrected chi connectivity index (χ2v) is 9.21. The van der Waals surface area contributed by atoms with Crippen LogP contribution >= 0.6 is 0 Å². The van der Waals surface area contributed by atoms with Gasteiger partial charge in [-0.1, -0.05) is 38.5 Å². The summed E-state index contributed by atoms with van der Waals surface area (Å²) in [5, 5.41) is 11.8. The number of fused-ring (bicyclic) bond motifs is 1. The Balaban J connectivity index is 1.79. The lowest BCUT2D eigenvalue weighted by Gasteiger charge is -2.46. The lowest BCUT2D eigenvalue weighted by Crippen LogP contribution is -2.53. The maximum Gasteiger partial charge on any atom is 0.331 e. The first kappa shape index (κ1) is 21.6. The highest BCUT2D eigenvalue weighted by atomic mass is 16.5. The predicted octanol–water partition coefficient (Wildman–Crippen LogP) is 5.16. The molecule has 3 rings (SSSR count). The molecule has 2 aliphatic rings. The number of benzene rings is 1. The highest BCUT2D eigenvalue weighted by molar-refractivity contribution is 5.87. The number of ether oxygens (including phenoxy) is 2. The summed E-state index contributed by atoms with van der Waals surface area (Å²) in [6, 6.07) is 7.49. The van der Waals surface area contributed by atoms with Gasteiger partial charge in [-0.25, -0.2) is 4.79 Å². The summed E-state index contributed by atoms with van der Waals surface area (Å²) >= 11 is 0. The first-order valence-corrected chi connectivity index (χ1v) is 10.6. The fourth-order valence-electron chi connectivity index (χ4n) is 5.20. The van der Waals surface area contributed by atoms with Gasteiger partial charge in [0.1, 0.15) is 11.9 Å². The molecule has 0 aliphatic heterocycles. The fourth-order valence-corrected chi connectivity index (χ4v) is 5.20. The number of hydrogen-bond acceptors (Lipinski definition) is 4. The Labute approximate surface area is 174 Å². The zero-order chi connectivity index (χ0) is 21.2. The molecule has 0 spiro atoms.